The molecular weight excluding hydrogens is 413 g/mol. The zero-order valence-electron chi connectivity index (χ0n) is 17.5. The number of likely N-dealkylation sites (tertiary alicyclic amines) is 1. The van der Waals surface area contributed by atoms with Crippen LogP contribution in [0.15, 0.2) is 18.2 Å². The van der Waals surface area contributed by atoms with E-state index in [4.69, 9.17) is 0 Å². The highest BCUT2D eigenvalue weighted by atomic mass is 19.4. The highest BCUT2D eigenvalue weighted by Crippen LogP contribution is 2.32. The average molecular weight is 442 g/mol. The summed E-state index contributed by atoms with van der Waals surface area (Å²) in [4.78, 5) is 26.5. The van der Waals surface area contributed by atoms with Crippen LogP contribution in [0.4, 0.5) is 23.7 Å². The average Bonchev–Trinajstić information content (AvgIpc) is 2.72. The third-order valence-electron chi connectivity index (χ3n) is 5.85. The summed E-state index contributed by atoms with van der Waals surface area (Å²) < 4.78 is 38.8. The number of nitrogens with one attached hydrogen (secondary N) is 3. The maximum atomic E-state index is 12.9. The largest absolute Gasteiger partial charge is 0.416 e. The first kappa shape index (κ1) is 23.3. The number of anilines is 1. The summed E-state index contributed by atoms with van der Waals surface area (Å²) in [6.07, 6.45) is -0.977. The second kappa shape index (κ2) is 9.44. The lowest BCUT2D eigenvalue weighted by Gasteiger charge is -2.40. The molecule has 10 heteroatoms. The lowest BCUT2D eigenvalue weighted by atomic mass is 9.90. The molecule has 2 saturated heterocycles. The van der Waals surface area contributed by atoms with E-state index in [0.29, 0.717) is 31.5 Å². The Balaban J connectivity index is 1.48. The molecule has 7 nitrogen and oxygen atoms in total. The van der Waals surface area contributed by atoms with E-state index < -0.39 is 23.4 Å². The van der Waals surface area contributed by atoms with Gasteiger partial charge in [-0.2, -0.15) is 13.2 Å². The van der Waals surface area contributed by atoms with Gasteiger partial charge in [-0.05, 0) is 62.9 Å². The van der Waals surface area contributed by atoms with Gasteiger partial charge >= 0.3 is 12.2 Å². The highest BCUT2D eigenvalue weighted by Gasteiger charge is 2.36. The van der Waals surface area contributed by atoms with Gasteiger partial charge in [-0.25, -0.2) is 4.79 Å². The molecule has 0 saturated carbocycles. The Kier molecular flexibility index (Phi) is 7.10. The van der Waals surface area contributed by atoms with Crippen molar-refractivity contribution in [2.45, 2.75) is 56.8 Å². The molecule has 1 aromatic rings. The van der Waals surface area contributed by atoms with E-state index in [9.17, 15) is 27.9 Å². The van der Waals surface area contributed by atoms with Gasteiger partial charge in [0.2, 0.25) is 5.91 Å². The van der Waals surface area contributed by atoms with Crippen LogP contribution < -0.4 is 16.0 Å². The number of nitrogens with zero attached hydrogens (tertiary/aromatic N) is 1. The Bertz CT molecular complexity index is 802. The van der Waals surface area contributed by atoms with Crippen molar-refractivity contribution < 1.29 is 27.9 Å². The predicted molar refractivity (Wildman–Crippen MR) is 110 cm³/mol. The maximum Gasteiger partial charge on any atom is 0.416 e. The molecule has 0 radical (unpaired) electrons. The number of aryl methyl sites for hydroxylation is 1. The van der Waals surface area contributed by atoms with E-state index in [1.165, 1.54) is 13.0 Å². The fourth-order valence-corrected chi connectivity index (χ4v) is 4.04. The summed E-state index contributed by atoms with van der Waals surface area (Å²) in [5.74, 6) is 0.0485. The van der Waals surface area contributed by atoms with E-state index in [1.54, 1.807) is 4.90 Å². The minimum absolute atomic E-state index is 0.0252. The summed E-state index contributed by atoms with van der Waals surface area (Å²) >= 11 is 0. The Hall–Kier alpha value is -2.33. The zero-order valence-corrected chi connectivity index (χ0v) is 17.5. The quantitative estimate of drug-likeness (QED) is 0.577. The number of urea groups is 1. The number of carbonyl (C=O) groups excluding carboxylic acids is 2. The van der Waals surface area contributed by atoms with Crippen LogP contribution in [-0.4, -0.2) is 59.8 Å². The van der Waals surface area contributed by atoms with Crippen molar-refractivity contribution in [2.24, 2.45) is 0 Å². The molecule has 1 aromatic carbocycles. The molecule has 2 aliphatic rings. The summed E-state index contributed by atoms with van der Waals surface area (Å²) in [7, 11) is 0. The Labute approximate surface area is 179 Å². The van der Waals surface area contributed by atoms with Crippen molar-refractivity contribution >= 4 is 17.6 Å². The molecule has 31 heavy (non-hydrogen) atoms. The van der Waals surface area contributed by atoms with Crippen LogP contribution in [0.2, 0.25) is 0 Å². The van der Waals surface area contributed by atoms with Crippen LogP contribution >= 0.6 is 0 Å². The van der Waals surface area contributed by atoms with Crippen LogP contribution in [0.25, 0.3) is 0 Å². The first-order valence-electron chi connectivity index (χ1n) is 10.5. The maximum absolute atomic E-state index is 12.9. The third-order valence-corrected chi connectivity index (χ3v) is 5.85. The molecule has 172 valence electrons. The number of halogens is 3. The monoisotopic (exact) mass is 442 g/mol. The van der Waals surface area contributed by atoms with Gasteiger partial charge < -0.3 is 26.0 Å². The van der Waals surface area contributed by atoms with Gasteiger partial charge in [0, 0.05) is 25.3 Å². The summed E-state index contributed by atoms with van der Waals surface area (Å²) in [5.41, 5.74) is -1.62. The summed E-state index contributed by atoms with van der Waals surface area (Å²) in [6.45, 7) is 3.07. The lowest BCUT2D eigenvalue weighted by Crippen LogP contribution is -2.56. The van der Waals surface area contributed by atoms with Crippen LogP contribution in [-0.2, 0) is 11.0 Å². The van der Waals surface area contributed by atoms with E-state index in [0.717, 1.165) is 37.9 Å². The normalized spacial score (nSPS) is 21.5. The van der Waals surface area contributed by atoms with Gasteiger partial charge in [-0.15, -0.1) is 0 Å². The second-order valence-corrected chi connectivity index (χ2v) is 8.45. The number of alkyl halides is 3. The number of carbonyl (C=O) groups is 2. The van der Waals surface area contributed by atoms with Crippen molar-refractivity contribution in [1.82, 2.24) is 15.5 Å². The zero-order chi connectivity index (χ0) is 22.6. The van der Waals surface area contributed by atoms with Crippen molar-refractivity contribution in [2.75, 3.05) is 31.5 Å². The molecule has 2 heterocycles. The number of piperidine rings is 2. The van der Waals surface area contributed by atoms with Crippen LogP contribution in [0, 0.1) is 6.92 Å². The smallest absolute Gasteiger partial charge is 0.388 e. The standard InChI is InChI=1S/C21H29F3N4O3/c1-14-10-15(21(22,23)24)12-16(11-14)27-19(30)26-13-20(31)5-8-28(9-6-20)18(29)17-4-2-3-7-25-17/h10-12,17,25,31H,2-9,13H2,1H3,(H2,26,27,30)/t17-/m0/s1. The molecule has 1 atom stereocenters. The number of aliphatic hydroxyl groups is 1. The van der Waals surface area contributed by atoms with E-state index in [1.807, 2.05) is 0 Å². The minimum Gasteiger partial charge on any atom is -0.388 e. The van der Waals surface area contributed by atoms with E-state index in [2.05, 4.69) is 16.0 Å². The van der Waals surface area contributed by atoms with Crippen molar-refractivity contribution in [3.63, 3.8) is 0 Å². The van der Waals surface area contributed by atoms with Crippen molar-refractivity contribution in [1.29, 1.82) is 0 Å². The molecule has 0 bridgehead atoms. The lowest BCUT2D eigenvalue weighted by molar-refractivity contribution is -0.138. The molecule has 3 amide bonds. The molecule has 0 aliphatic carbocycles. The fourth-order valence-electron chi connectivity index (χ4n) is 4.04. The molecule has 0 aromatic heterocycles. The molecule has 2 fully saturated rings. The van der Waals surface area contributed by atoms with Gasteiger partial charge in [-0.1, -0.05) is 6.42 Å². The number of amides is 3. The summed E-state index contributed by atoms with van der Waals surface area (Å²) in [6, 6.07) is 2.44. The molecule has 3 rings (SSSR count). The second-order valence-electron chi connectivity index (χ2n) is 8.45. The number of hydrogen-bond acceptors (Lipinski definition) is 4. The Morgan fingerprint density at radius 3 is 2.55 bits per heavy atom. The minimum atomic E-state index is -4.51. The predicted octanol–water partition coefficient (Wildman–Crippen LogP) is 2.63. The SMILES string of the molecule is Cc1cc(NC(=O)NCC2(O)CCN(C(=O)[C@@H]3CCCCN3)CC2)cc(C(F)(F)F)c1. The van der Waals surface area contributed by atoms with E-state index in [-0.39, 0.29) is 24.2 Å². The molecular formula is C21H29F3N4O3. The number of hydrogen-bond donors (Lipinski definition) is 4. The van der Waals surface area contributed by atoms with Crippen molar-refractivity contribution in [3.8, 4) is 0 Å². The summed E-state index contributed by atoms with van der Waals surface area (Å²) in [5, 5.41) is 18.9. The first-order valence-corrected chi connectivity index (χ1v) is 10.5. The highest BCUT2D eigenvalue weighted by molar-refractivity contribution is 5.89. The van der Waals surface area contributed by atoms with Crippen LogP contribution in [0.3, 0.4) is 0 Å². The van der Waals surface area contributed by atoms with Gasteiger partial charge in [0.05, 0.1) is 17.2 Å². The fraction of sp³-hybridized carbons (Fsp3) is 0.619. The van der Waals surface area contributed by atoms with Gasteiger partial charge in [0.25, 0.3) is 0 Å². The molecule has 4 N–H and O–H groups in total. The van der Waals surface area contributed by atoms with Gasteiger partial charge in [0.15, 0.2) is 0 Å². The number of benzene rings is 1. The molecule has 0 unspecified atom stereocenters. The van der Waals surface area contributed by atoms with Crippen molar-refractivity contribution in [3.05, 3.63) is 29.3 Å². The Morgan fingerprint density at radius 1 is 1.23 bits per heavy atom. The molecule has 0 spiro atoms. The topological polar surface area (TPSA) is 93.7 Å². The third kappa shape index (κ3) is 6.33. The Morgan fingerprint density at radius 2 is 1.94 bits per heavy atom. The van der Waals surface area contributed by atoms with Gasteiger partial charge in [-0.3, -0.25) is 4.79 Å². The van der Waals surface area contributed by atoms with Gasteiger partial charge in [0.1, 0.15) is 0 Å². The van der Waals surface area contributed by atoms with Crippen LogP contribution in [0.1, 0.15) is 43.2 Å². The van der Waals surface area contributed by atoms with E-state index >= 15 is 0 Å². The molecule has 2 aliphatic heterocycles. The first-order chi connectivity index (χ1) is 14.6. The van der Waals surface area contributed by atoms with Crippen LogP contribution in [0.5, 0.6) is 0 Å². The number of rotatable bonds is 4.